The van der Waals surface area contributed by atoms with E-state index in [1.54, 1.807) is 35.3 Å². The molecule has 0 aliphatic carbocycles. The molecular weight excluding hydrogens is 464 g/mol. The number of hydrogen-bond acceptors (Lipinski definition) is 7. The summed E-state index contributed by atoms with van der Waals surface area (Å²) in [6, 6.07) is 9.66. The van der Waals surface area contributed by atoms with E-state index >= 15 is 0 Å². The Hall–Kier alpha value is -2.26. The number of thiazole rings is 2. The third kappa shape index (κ3) is 4.73. The van der Waals surface area contributed by atoms with Gasteiger partial charge in [0.25, 0.3) is 5.91 Å². The first-order chi connectivity index (χ1) is 15.0. The van der Waals surface area contributed by atoms with Crippen LogP contribution in [-0.4, -0.2) is 54.1 Å². The van der Waals surface area contributed by atoms with Gasteiger partial charge in [0, 0.05) is 18.7 Å². The lowest BCUT2D eigenvalue weighted by atomic mass is 10.2. The number of likely N-dealkylation sites (N-methyl/N-ethyl adjacent to an activating group) is 1. The van der Waals surface area contributed by atoms with Crippen LogP contribution < -0.4 is 9.64 Å². The molecule has 0 aliphatic rings. The van der Waals surface area contributed by atoms with Gasteiger partial charge in [0.05, 0.1) is 27.5 Å². The minimum absolute atomic E-state index is 0. The van der Waals surface area contributed by atoms with E-state index in [2.05, 4.69) is 30.7 Å². The number of aromatic nitrogens is 2. The van der Waals surface area contributed by atoms with Crippen molar-refractivity contribution < 1.29 is 9.53 Å². The van der Waals surface area contributed by atoms with Gasteiger partial charge in [0.15, 0.2) is 5.13 Å². The Bertz CT molecular complexity index is 1220. The molecule has 6 nitrogen and oxygen atoms in total. The fourth-order valence-electron chi connectivity index (χ4n) is 3.59. The van der Waals surface area contributed by atoms with Crippen molar-refractivity contribution in [2.75, 3.05) is 38.2 Å². The highest BCUT2D eigenvalue weighted by Crippen LogP contribution is 2.37. The quantitative estimate of drug-likeness (QED) is 0.320. The number of rotatable bonds is 8. The standard InChI is InChI=1S/C23H26N4O2S2.ClH/c1-5-26(6-2)11-12-27(22(28)16-8-9-17-19(13-16)30-14-24-17)23-25-20-18(29-4)10-7-15(3)21(20)31-23;/h7-10,13-14H,5-6,11-12H2,1-4H3;1H. The van der Waals surface area contributed by atoms with E-state index in [4.69, 9.17) is 9.72 Å². The maximum atomic E-state index is 13.6. The molecule has 32 heavy (non-hydrogen) atoms. The molecule has 2 aromatic heterocycles. The number of amides is 1. The van der Waals surface area contributed by atoms with Gasteiger partial charge in [-0.05, 0) is 49.8 Å². The van der Waals surface area contributed by atoms with Gasteiger partial charge in [-0.2, -0.15) is 0 Å². The second-order valence-corrected chi connectivity index (χ2v) is 9.14. The summed E-state index contributed by atoms with van der Waals surface area (Å²) in [4.78, 5) is 26.9. The summed E-state index contributed by atoms with van der Waals surface area (Å²) in [5, 5.41) is 0.698. The molecular formula is C23H27ClN4O2S2. The number of carbonyl (C=O) groups excluding carboxylic acids is 1. The molecule has 2 aromatic carbocycles. The van der Waals surface area contributed by atoms with Gasteiger partial charge in [0.1, 0.15) is 11.3 Å². The minimum atomic E-state index is -0.0434. The normalized spacial score (nSPS) is 11.2. The Balaban J connectivity index is 0.00000289. The Morgan fingerprint density at radius 2 is 1.91 bits per heavy atom. The van der Waals surface area contributed by atoms with Crippen molar-refractivity contribution >= 4 is 66.6 Å². The van der Waals surface area contributed by atoms with Crippen molar-refractivity contribution in [1.29, 1.82) is 0 Å². The number of halogens is 1. The number of aryl methyl sites for hydroxylation is 1. The maximum Gasteiger partial charge on any atom is 0.260 e. The zero-order valence-electron chi connectivity index (χ0n) is 18.6. The summed E-state index contributed by atoms with van der Waals surface area (Å²) in [6.45, 7) is 9.58. The van der Waals surface area contributed by atoms with Crippen LogP contribution in [0.3, 0.4) is 0 Å². The molecule has 170 valence electrons. The molecule has 0 unspecified atom stereocenters. The van der Waals surface area contributed by atoms with Gasteiger partial charge in [-0.1, -0.05) is 31.3 Å². The number of hydrogen-bond donors (Lipinski definition) is 0. The molecule has 0 radical (unpaired) electrons. The smallest absolute Gasteiger partial charge is 0.260 e. The Morgan fingerprint density at radius 3 is 2.62 bits per heavy atom. The van der Waals surface area contributed by atoms with E-state index in [0.29, 0.717) is 17.2 Å². The topological polar surface area (TPSA) is 58.6 Å². The van der Waals surface area contributed by atoms with Crippen molar-refractivity contribution in [2.45, 2.75) is 20.8 Å². The zero-order chi connectivity index (χ0) is 22.0. The molecule has 0 atom stereocenters. The average molecular weight is 491 g/mol. The summed E-state index contributed by atoms with van der Waals surface area (Å²) in [5.74, 6) is 0.684. The van der Waals surface area contributed by atoms with Gasteiger partial charge in [-0.3, -0.25) is 9.69 Å². The molecule has 0 saturated carbocycles. The second-order valence-electron chi connectivity index (χ2n) is 7.28. The van der Waals surface area contributed by atoms with Gasteiger partial charge in [-0.15, -0.1) is 23.7 Å². The van der Waals surface area contributed by atoms with Crippen LogP contribution in [-0.2, 0) is 0 Å². The third-order valence-corrected chi connectivity index (χ3v) is 7.51. The summed E-state index contributed by atoms with van der Waals surface area (Å²) < 4.78 is 7.58. The van der Waals surface area contributed by atoms with E-state index < -0.39 is 0 Å². The highest BCUT2D eigenvalue weighted by molar-refractivity contribution is 7.22. The molecule has 0 aliphatic heterocycles. The fraction of sp³-hybridized carbons (Fsp3) is 0.348. The lowest BCUT2D eigenvalue weighted by molar-refractivity contribution is 0.0984. The van der Waals surface area contributed by atoms with E-state index in [0.717, 1.165) is 51.4 Å². The first kappa shape index (κ1) is 24.4. The number of carbonyl (C=O) groups is 1. The van der Waals surface area contributed by atoms with Crippen LogP contribution in [0, 0.1) is 6.92 Å². The molecule has 2 heterocycles. The predicted octanol–water partition coefficient (Wildman–Crippen LogP) is 5.63. The lowest BCUT2D eigenvalue weighted by Crippen LogP contribution is -2.38. The van der Waals surface area contributed by atoms with Crippen LogP contribution in [0.5, 0.6) is 5.75 Å². The number of ether oxygens (including phenoxy) is 1. The lowest BCUT2D eigenvalue weighted by Gasteiger charge is -2.24. The van der Waals surface area contributed by atoms with E-state index in [1.165, 1.54) is 0 Å². The van der Waals surface area contributed by atoms with Gasteiger partial charge >= 0.3 is 0 Å². The zero-order valence-corrected chi connectivity index (χ0v) is 21.1. The molecule has 0 N–H and O–H groups in total. The van der Waals surface area contributed by atoms with E-state index in [9.17, 15) is 4.79 Å². The molecule has 4 aromatic rings. The van der Waals surface area contributed by atoms with E-state index in [-0.39, 0.29) is 18.3 Å². The van der Waals surface area contributed by atoms with Crippen molar-refractivity contribution in [3.05, 3.63) is 47.0 Å². The first-order valence-electron chi connectivity index (χ1n) is 10.4. The molecule has 0 fully saturated rings. The molecule has 4 rings (SSSR count). The number of anilines is 1. The highest BCUT2D eigenvalue weighted by atomic mass is 35.5. The largest absolute Gasteiger partial charge is 0.494 e. The monoisotopic (exact) mass is 490 g/mol. The van der Waals surface area contributed by atoms with Crippen LogP contribution in [0.1, 0.15) is 29.8 Å². The summed E-state index contributed by atoms with van der Waals surface area (Å²) in [5.41, 5.74) is 5.30. The molecule has 9 heteroatoms. The third-order valence-electron chi connectivity index (χ3n) is 5.50. The summed E-state index contributed by atoms with van der Waals surface area (Å²) in [7, 11) is 1.65. The highest BCUT2D eigenvalue weighted by Gasteiger charge is 2.23. The van der Waals surface area contributed by atoms with Gasteiger partial charge < -0.3 is 9.64 Å². The average Bonchev–Trinajstić information content (AvgIpc) is 3.44. The fourth-order valence-corrected chi connectivity index (χ4v) is 5.38. The number of fused-ring (bicyclic) bond motifs is 2. The van der Waals surface area contributed by atoms with Gasteiger partial charge in [-0.25, -0.2) is 9.97 Å². The van der Waals surface area contributed by atoms with Crippen LogP contribution in [0.15, 0.2) is 35.8 Å². The Morgan fingerprint density at radius 1 is 1.12 bits per heavy atom. The number of benzene rings is 2. The summed E-state index contributed by atoms with van der Waals surface area (Å²) in [6.07, 6.45) is 0. The van der Waals surface area contributed by atoms with Crippen LogP contribution in [0.25, 0.3) is 20.4 Å². The maximum absolute atomic E-state index is 13.6. The van der Waals surface area contributed by atoms with Crippen molar-refractivity contribution in [3.8, 4) is 5.75 Å². The molecule has 0 spiro atoms. The van der Waals surface area contributed by atoms with Gasteiger partial charge in [0.2, 0.25) is 0 Å². The predicted molar refractivity (Wildman–Crippen MR) is 137 cm³/mol. The second kappa shape index (κ2) is 10.6. The summed E-state index contributed by atoms with van der Waals surface area (Å²) >= 11 is 3.09. The number of nitrogens with zero attached hydrogens (tertiary/aromatic N) is 4. The van der Waals surface area contributed by atoms with Crippen LogP contribution in [0.4, 0.5) is 5.13 Å². The SMILES string of the molecule is CCN(CC)CCN(C(=O)c1ccc2ncsc2c1)c1nc2c(OC)ccc(C)c2s1.Cl. The molecule has 1 amide bonds. The van der Waals surface area contributed by atoms with Crippen LogP contribution in [0.2, 0.25) is 0 Å². The van der Waals surface area contributed by atoms with Crippen molar-refractivity contribution in [1.82, 2.24) is 14.9 Å². The minimum Gasteiger partial charge on any atom is -0.494 e. The van der Waals surface area contributed by atoms with E-state index in [1.807, 2.05) is 35.2 Å². The molecule has 0 bridgehead atoms. The molecule has 0 saturated heterocycles. The van der Waals surface area contributed by atoms with Crippen molar-refractivity contribution in [2.24, 2.45) is 0 Å². The Labute approximate surface area is 202 Å². The van der Waals surface area contributed by atoms with Crippen LogP contribution >= 0.6 is 35.1 Å². The number of methoxy groups -OCH3 is 1. The first-order valence-corrected chi connectivity index (χ1v) is 12.1. The van der Waals surface area contributed by atoms with Crippen molar-refractivity contribution in [3.63, 3.8) is 0 Å². The Kier molecular flexibility index (Phi) is 8.05.